The van der Waals surface area contributed by atoms with Gasteiger partial charge in [-0.3, -0.25) is 4.79 Å². The highest BCUT2D eigenvalue weighted by Gasteiger charge is 2.14. The van der Waals surface area contributed by atoms with Gasteiger partial charge in [0.1, 0.15) is 11.8 Å². The minimum Gasteiger partial charge on any atom is -0.495 e. The van der Waals surface area contributed by atoms with Gasteiger partial charge in [-0.15, -0.1) is 0 Å². The second-order valence-electron chi connectivity index (χ2n) is 3.71. The van der Waals surface area contributed by atoms with Gasteiger partial charge in [0.25, 0.3) is 0 Å². The first kappa shape index (κ1) is 12.4. The molecular weight excluding hydrogens is 204 g/mol. The number of amides is 1. The Labute approximate surface area is 95.8 Å². The maximum absolute atomic E-state index is 11.1. The van der Waals surface area contributed by atoms with Crippen LogP contribution in [-0.4, -0.2) is 19.1 Å². The van der Waals surface area contributed by atoms with E-state index in [1.165, 1.54) is 0 Å². The van der Waals surface area contributed by atoms with Gasteiger partial charge in [0.2, 0.25) is 5.91 Å². The second kappa shape index (κ2) is 5.39. The molecule has 88 valence electrons. The molecule has 0 aliphatic carbocycles. The third kappa shape index (κ3) is 2.89. The first-order valence-corrected chi connectivity index (χ1v) is 5.29. The van der Waals surface area contributed by atoms with Gasteiger partial charge < -0.3 is 15.8 Å². The Kier molecular flexibility index (Phi) is 4.17. The monoisotopic (exact) mass is 222 g/mol. The lowest BCUT2D eigenvalue weighted by atomic mass is 10.1. The third-order valence-electron chi connectivity index (χ3n) is 2.44. The molecule has 3 N–H and O–H groups in total. The molecular formula is C12H18N2O2. The summed E-state index contributed by atoms with van der Waals surface area (Å²) in [5.41, 5.74) is 7.17. The first-order valence-electron chi connectivity index (χ1n) is 5.29. The molecule has 1 aromatic carbocycles. The number of rotatable bonds is 5. The number of hydrogen-bond donors (Lipinski definition) is 2. The molecule has 0 saturated heterocycles. The van der Waals surface area contributed by atoms with E-state index in [4.69, 9.17) is 10.5 Å². The van der Waals surface area contributed by atoms with E-state index in [0.29, 0.717) is 6.42 Å². The van der Waals surface area contributed by atoms with Crippen LogP contribution in [0.3, 0.4) is 0 Å². The van der Waals surface area contributed by atoms with Crippen molar-refractivity contribution >= 4 is 11.6 Å². The molecule has 0 radical (unpaired) electrons. The van der Waals surface area contributed by atoms with Crippen LogP contribution >= 0.6 is 0 Å². The molecule has 1 amide bonds. The van der Waals surface area contributed by atoms with Crippen LogP contribution in [0.1, 0.15) is 18.9 Å². The van der Waals surface area contributed by atoms with Gasteiger partial charge in [-0.2, -0.15) is 0 Å². The van der Waals surface area contributed by atoms with E-state index in [1.807, 2.05) is 32.0 Å². The molecule has 1 atom stereocenters. The molecule has 0 heterocycles. The summed E-state index contributed by atoms with van der Waals surface area (Å²) >= 11 is 0. The molecule has 4 heteroatoms. The van der Waals surface area contributed by atoms with E-state index in [0.717, 1.165) is 17.0 Å². The maximum atomic E-state index is 11.1. The number of carbonyl (C=O) groups excluding carboxylic acids is 1. The van der Waals surface area contributed by atoms with E-state index in [9.17, 15) is 4.79 Å². The number of anilines is 1. The van der Waals surface area contributed by atoms with E-state index in [1.54, 1.807) is 7.11 Å². The van der Waals surface area contributed by atoms with Crippen molar-refractivity contribution in [1.29, 1.82) is 0 Å². The number of primary amides is 1. The Hall–Kier alpha value is -1.71. The molecule has 4 nitrogen and oxygen atoms in total. The van der Waals surface area contributed by atoms with Crippen molar-refractivity contribution in [2.75, 3.05) is 12.4 Å². The first-order chi connectivity index (χ1) is 7.58. The maximum Gasteiger partial charge on any atom is 0.239 e. The van der Waals surface area contributed by atoms with Crippen molar-refractivity contribution in [2.24, 2.45) is 5.73 Å². The van der Waals surface area contributed by atoms with Gasteiger partial charge in [0.15, 0.2) is 0 Å². The fourth-order valence-electron chi connectivity index (χ4n) is 1.48. The van der Waals surface area contributed by atoms with Gasteiger partial charge in [-0.05, 0) is 31.0 Å². The van der Waals surface area contributed by atoms with Crippen molar-refractivity contribution in [3.05, 3.63) is 23.8 Å². The Bertz CT molecular complexity index is 377. The summed E-state index contributed by atoms with van der Waals surface area (Å²) in [5.74, 6) is 0.366. The molecule has 1 rings (SSSR count). The fourth-order valence-corrected chi connectivity index (χ4v) is 1.48. The predicted octanol–water partition coefficient (Wildman–Crippen LogP) is 1.68. The van der Waals surface area contributed by atoms with Crippen LogP contribution in [-0.2, 0) is 4.79 Å². The van der Waals surface area contributed by atoms with Crippen molar-refractivity contribution < 1.29 is 9.53 Å². The summed E-state index contributed by atoms with van der Waals surface area (Å²) in [5, 5.41) is 3.08. The Morgan fingerprint density at radius 1 is 1.56 bits per heavy atom. The van der Waals surface area contributed by atoms with E-state index in [2.05, 4.69) is 5.32 Å². The molecule has 16 heavy (non-hydrogen) atoms. The topological polar surface area (TPSA) is 64.3 Å². The van der Waals surface area contributed by atoms with Crippen molar-refractivity contribution in [3.63, 3.8) is 0 Å². The smallest absolute Gasteiger partial charge is 0.239 e. The van der Waals surface area contributed by atoms with Crippen LogP contribution in [0.4, 0.5) is 5.69 Å². The van der Waals surface area contributed by atoms with Crippen LogP contribution < -0.4 is 15.8 Å². The number of carbonyl (C=O) groups is 1. The van der Waals surface area contributed by atoms with Crippen molar-refractivity contribution in [1.82, 2.24) is 0 Å². The highest BCUT2D eigenvalue weighted by Crippen LogP contribution is 2.26. The number of benzene rings is 1. The Morgan fingerprint density at radius 3 is 2.75 bits per heavy atom. The van der Waals surface area contributed by atoms with Gasteiger partial charge >= 0.3 is 0 Å². The van der Waals surface area contributed by atoms with E-state index in [-0.39, 0.29) is 11.9 Å². The number of hydrogen-bond acceptors (Lipinski definition) is 3. The van der Waals surface area contributed by atoms with Crippen LogP contribution in [0.25, 0.3) is 0 Å². The molecule has 1 unspecified atom stereocenters. The quantitative estimate of drug-likeness (QED) is 0.796. The van der Waals surface area contributed by atoms with E-state index >= 15 is 0 Å². The summed E-state index contributed by atoms with van der Waals surface area (Å²) in [6.07, 6.45) is 0.645. The average molecular weight is 222 g/mol. The summed E-state index contributed by atoms with van der Waals surface area (Å²) in [6.45, 7) is 3.89. The highest BCUT2D eigenvalue weighted by atomic mass is 16.5. The Morgan fingerprint density at radius 2 is 2.25 bits per heavy atom. The lowest BCUT2D eigenvalue weighted by Gasteiger charge is -2.17. The average Bonchev–Trinajstić information content (AvgIpc) is 2.26. The third-order valence-corrected chi connectivity index (χ3v) is 2.44. The van der Waals surface area contributed by atoms with Crippen LogP contribution in [0.15, 0.2) is 18.2 Å². The molecule has 0 aliphatic rings. The lowest BCUT2D eigenvalue weighted by Crippen LogP contribution is -2.34. The van der Waals surface area contributed by atoms with Crippen LogP contribution in [0.2, 0.25) is 0 Å². The normalized spacial score (nSPS) is 11.9. The number of nitrogens with two attached hydrogens (primary N) is 1. The molecule has 1 aromatic rings. The number of aryl methyl sites for hydroxylation is 1. The largest absolute Gasteiger partial charge is 0.495 e. The molecule has 0 fully saturated rings. The zero-order valence-corrected chi connectivity index (χ0v) is 9.91. The fraction of sp³-hybridized carbons (Fsp3) is 0.417. The summed E-state index contributed by atoms with van der Waals surface area (Å²) in [7, 11) is 1.60. The standard InChI is InChI=1S/C12H18N2O2/c1-4-9(12(13)15)14-10-6-5-8(2)7-11(10)16-3/h5-7,9,14H,4H2,1-3H3,(H2,13,15). The number of ether oxygens (including phenoxy) is 1. The summed E-state index contributed by atoms with van der Waals surface area (Å²) in [6, 6.07) is 5.39. The second-order valence-corrected chi connectivity index (χ2v) is 3.71. The minimum atomic E-state index is -0.364. The molecule has 0 aliphatic heterocycles. The zero-order chi connectivity index (χ0) is 12.1. The summed E-state index contributed by atoms with van der Waals surface area (Å²) < 4.78 is 5.24. The number of methoxy groups -OCH3 is 1. The minimum absolute atomic E-state index is 0.356. The van der Waals surface area contributed by atoms with Crippen LogP contribution in [0.5, 0.6) is 5.75 Å². The molecule has 0 aromatic heterocycles. The van der Waals surface area contributed by atoms with Gasteiger partial charge in [0, 0.05) is 0 Å². The van der Waals surface area contributed by atoms with Gasteiger partial charge in [-0.1, -0.05) is 13.0 Å². The predicted molar refractivity (Wildman–Crippen MR) is 64.6 cm³/mol. The van der Waals surface area contributed by atoms with Gasteiger partial charge in [-0.25, -0.2) is 0 Å². The lowest BCUT2D eigenvalue weighted by molar-refractivity contribution is -0.118. The zero-order valence-electron chi connectivity index (χ0n) is 9.91. The van der Waals surface area contributed by atoms with Crippen molar-refractivity contribution in [2.45, 2.75) is 26.3 Å². The molecule has 0 spiro atoms. The van der Waals surface area contributed by atoms with Crippen LogP contribution in [0, 0.1) is 6.92 Å². The van der Waals surface area contributed by atoms with Crippen molar-refractivity contribution in [3.8, 4) is 5.75 Å². The number of nitrogens with one attached hydrogen (secondary N) is 1. The summed E-state index contributed by atoms with van der Waals surface area (Å²) in [4.78, 5) is 11.1. The molecule has 0 saturated carbocycles. The Balaban J connectivity index is 2.91. The SMILES string of the molecule is CCC(Nc1ccc(C)cc1OC)C(N)=O. The van der Waals surface area contributed by atoms with E-state index < -0.39 is 0 Å². The highest BCUT2D eigenvalue weighted by molar-refractivity contribution is 5.83. The van der Waals surface area contributed by atoms with Gasteiger partial charge in [0.05, 0.1) is 12.8 Å². The molecule has 0 bridgehead atoms.